The monoisotopic (exact) mass is 352 g/mol. The Hall–Kier alpha value is -1.61. The number of hydrogen-bond donors (Lipinski definition) is 0. The number of amides is 1. The van der Waals surface area contributed by atoms with Crippen LogP contribution in [-0.2, 0) is 11.2 Å². The standard InChI is InChI=1S/C23H32N2O/c1-17(2)23(26)25-15-20-9-10-21(22(20)16-25)19-7-5-18(6-8-19)11-14-24-12-3-4-13-24/h5-9,17,21-22H,3-4,10-16H2,1-2H3. The average molecular weight is 353 g/mol. The van der Waals surface area contributed by atoms with E-state index in [2.05, 4.69) is 40.1 Å². The minimum absolute atomic E-state index is 0.0998. The second kappa shape index (κ2) is 7.56. The first-order valence-corrected chi connectivity index (χ1v) is 10.4. The Labute approximate surface area is 158 Å². The summed E-state index contributed by atoms with van der Waals surface area (Å²) in [6, 6.07) is 9.34. The van der Waals surface area contributed by atoms with Gasteiger partial charge < -0.3 is 9.80 Å². The van der Waals surface area contributed by atoms with Crippen LogP contribution < -0.4 is 0 Å². The van der Waals surface area contributed by atoms with Crippen LogP contribution >= 0.6 is 0 Å². The molecule has 3 aliphatic rings. The van der Waals surface area contributed by atoms with Crippen molar-refractivity contribution in [3.63, 3.8) is 0 Å². The lowest BCUT2D eigenvalue weighted by molar-refractivity contribution is -0.133. The second-order valence-electron chi connectivity index (χ2n) is 8.64. The molecule has 2 heterocycles. The highest BCUT2D eigenvalue weighted by atomic mass is 16.2. The Morgan fingerprint density at radius 2 is 1.85 bits per heavy atom. The van der Waals surface area contributed by atoms with E-state index >= 15 is 0 Å². The number of rotatable bonds is 5. The highest BCUT2D eigenvalue weighted by Crippen LogP contribution is 2.43. The van der Waals surface area contributed by atoms with Crippen molar-refractivity contribution in [2.75, 3.05) is 32.7 Å². The van der Waals surface area contributed by atoms with Gasteiger partial charge in [-0.1, -0.05) is 44.2 Å². The van der Waals surface area contributed by atoms with Crippen molar-refractivity contribution < 1.29 is 4.79 Å². The topological polar surface area (TPSA) is 23.6 Å². The van der Waals surface area contributed by atoms with Gasteiger partial charge in [-0.3, -0.25) is 4.79 Å². The average Bonchev–Trinajstić information content (AvgIpc) is 3.36. The molecule has 0 spiro atoms. The number of benzene rings is 1. The Morgan fingerprint density at radius 1 is 1.12 bits per heavy atom. The molecule has 0 radical (unpaired) electrons. The molecule has 0 saturated carbocycles. The fourth-order valence-electron chi connectivity index (χ4n) is 4.93. The SMILES string of the molecule is CC(C)C(=O)N1CC2=CCC(c3ccc(CCN4CCCC4)cc3)C2C1. The molecule has 2 aliphatic heterocycles. The molecular formula is C23H32N2O. The Morgan fingerprint density at radius 3 is 2.54 bits per heavy atom. The summed E-state index contributed by atoms with van der Waals surface area (Å²) in [4.78, 5) is 17.0. The summed E-state index contributed by atoms with van der Waals surface area (Å²) in [5.41, 5.74) is 4.39. The lowest BCUT2D eigenvalue weighted by Gasteiger charge is -2.22. The molecule has 140 valence electrons. The van der Waals surface area contributed by atoms with Crippen LogP contribution in [0.3, 0.4) is 0 Å². The molecule has 2 atom stereocenters. The predicted molar refractivity (Wildman–Crippen MR) is 106 cm³/mol. The lowest BCUT2D eigenvalue weighted by Crippen LogP contribution is -2.33. The van der Waals surface area contributed by atoms with Gasteiger partial charge in [0.25, 0.3) is 0 Å². The largest absolute Gasteiger partial charge is 0.338 e. The van der Waals surface area contributed by atoms with Crippen LogP contribution in [-0.4, -0.2) is 48.4 Å². The zero-order chi connectivity index (χ0) is 18.1. The quantitative estimate of drug-likeness (QED) is 0.752. The number of allylic oxidation sites excluding steroid dienone is 1. The molecule has 1 aromatic carbocycles. The molecule has 1 aliphatic carbocycles. The van der Waals surface area contributed by atoms with Crippen molar-refractivity contribution in [3.05, 3.63) is 47.0 Å². The van der Waals surface area contributed by atoms with Crippen LogP contribution in [0.15, 0.2) is 35.9 Å². The number of fused-ring (bicyclic) bond motifs is 1. The summed E-state index contributed by atoms with van der Waals surface area (Å²) in [6.45, 7) is 9.52. The molecule has 4 rings (SSSR count). The minimum Gasteiger partial charge on any atom is -0.338 e. The van der Waals surface area contributed by atoms with Gasteiger partial charge in [-0.15, -0.1) is 0 Å². The minimum atomic E-state index is 0.0998. The highest BCUT2D eigenvalue weighted by Gasteiger charge is 2.39. The Bertz CT molecular complexity index is 670. The summed E-state index contributed by atoms with van der Waals surface area (Å²) >= 11 is 0. The summed E-state index contributed by atoms with van der Waals surface area (Å²) < 4.78 is 0. The van der Waals surface area contributed by atoms with Gasteiger partial charge in [-0.2, -0.15) is 0 Å². The molecule has 0 N–H and O–H groups in total. The maximum atomic E-state index is 12.3. The Balaban J connectivity index is 1.37. The van der Waals surface area contributed by atoms with Crippen LogP contribution in [0.1, 0.15) is 50.2 Å². The molecule has 3 heteroatoms. The first-order valence-electron chi connectivity index (χ1n) is 10.4. The third-order valence-electron chi connectivity index (χ3n) is 6.52. The second-order valence-corrected chi connectivity index (χ2v) is 8.64. The molecule has 2 saturated heterocycles. The van der Waals surface area contributed by atoms with Crippen molar-refractivity contribution in [2.45, 2.75) is 45.4 Å². The fourth-order valence-corrected chi connectivity index (χ4v) is 4.93. The third-order valence-corrected chi connectivity index (χ3v) is 6.52. The summed E-state index contributed by atoms with van der Waals surface area (Å²) in [6.07, 6.45) is 7.43. The van der Waals surface area contributed by atoms with Crippen molar-refractivity contribution in [1.82, 2.24) is 9.80 Å². The molecule has 26 heavy (non-hydrogen) atoms. The fraction of sp³-hybridized carbons (Fsp3) is 0.609. The summed E-state index contributed by atoms with van der Waals surface area (Å²) in [5.74, 6) is 1.50. The molecule has 1 amide bonds. The first-order chi connectivity index (χ1) is 12.6. The molecule has 2 fully saturated rings. The summed E-state index contributed by atoms with van der Waals surface area (Å²) in [5, 5.41) is 0. The van der Waals surface area contributed by atoms with E-state index in [1.165, 1.54) is 49.2 Å². The zero-order valence-corrected chi connectivity index (χ0v) is 16.3. The molecule has 0 aromatic heterocycles. The van der Waals surface area contributed by atoms with Crippen LogP contribution in [0.4, 0.5) is 0 Å². The normalized spacial score (nSPS) is 25.8. The van der Waals surface area contributed by atoms with E-state index in [0.717, 1.165) is 25.9 Å². The number of nitrogens with zero attached hydrogens (tertiary/aromatic N) is 2. The van der Waals surface area contributed by atoms with Crippen LogP contribution in [0.25, 0.3) is 0 Å². The highest BCUT2D eigenvalue weighted by molar-refractivity contribution is 5.79. The summed E-state index contributed by atoms with van der Waals surface area (Å²) in [7, 11) is 0. The van der Waals surface area contributed by atoms with E-state index < -0.39 is 0 Å². The molecular weight excluding hydrogens is 320 g/mol. The maximum Gasteiger partial charge on any atom is 0.225 e. The van der Waals surface area contributed by atoms with Crippen molar-refractivity contribution in [2.24, 2.45) is 11.8 Å². The number of carbonyl (C=O) groups is 1. The van der Waals surface area contributed by atoms with E-state index in [-0.39, 0.29) is 5.92 Å². The van der Waals surface area contributed by atoms with Crippen LogP contribution in [0.5, 0.6) is 0 Å². The van der Waals surface area contributed by atoms with Gasteiger partial charge in [0.2, 0.25) is 5.91 Å². The van der Waals surface area contributed by atoms with Gasteiger partial charge in [0.1, 0.15) is 0 Å². The van der Waals surface area contributed by atoms with Crippen molar-refractivity contribution in [1.29, 1.82) is 0 Å². The molecule has 0 bridgehead atoms. The molecule has 3 nitrogen and oxygen atoms in total. The zero-order valence-electron chi connectivity index (χ0n) is 16.3. The molecule has 2 unspecified atom stereocenters. The van der Waals surface area contributed by atoms with E-state index in [1.54, 1.807) is 0 Å². The van der Waals surface area contributed by atoms with Crippen molar-refractivity contribution >= 4 is 5.91 Å². The van der Waals surface area contributed by atoms with E-state index in [4.69, 9.17) is 0 Å². The Kier molecular flexibility index (Phi) is 5.17. The van der Waals surface area contributed by atoms with Gasteiger partial charge in [0.15, 0.2) is 0 Å². The first kappa shape index (κ1) is 17.8. The maximum absolute atomic E-state index is 12.3. The van der Waals surface area contributed by atoms with Crippen LogP contribution in [0, 0.1) is 11.8 Å². The van der Waals surface area contributed by atoms with Gasteiger partial charge in [-0.05, 0) is 61.4 Å². The van der Waals surface area contributed by atoms with E-state index in [9.17, 15) is 4.79 Å². The van der Waals surface area contributed by atoms with Crippen molar-refractivity contribution in [3.8, 4) is 0 Å². The smallest absolute Gasteiger partial charge is 0.225 e. The van der Waals surface area contributed by atoms with Gasteiger partial charge in [0, 0.05) is 31.5 Å². The van der Waals surface area contributed by atoms with E-state index in [0.29, 0.717) is 17.7 Å². The predicted octanol–water partition coefficient (Wildman–Crippen LogP) is 3.85. The van der Waals surface area contributed by atoms with Crippen LogP contribution in [0.2, 0.25) is 0 Å². The number of hydrogen-bond acceptors (Lipinski definition) is 2. The van der Waals surface area contributed by atoms with Gasteiger partial charge >= 0.3 is 0 Å². The number of likely N-dealkylation sites (tertiary alicyclic amines) is 2. The van der Waals surface area contributed by atoms with Gasteiger partial charge in [-0.25, -0.2) is 0 Å². The number of carbonyl (C=O) groups excluding carboxylic acids is 1. The van der Waals surface area contributed by atoms with Gasteiger partial charge in [0.05, 0.1) is 0 Å². The third kappa shape index (κ3) is 3.59. The lowest BCUT2D eigenvalue weighted by atomic mass is 9.86. The van der Waals surface area contributed by atoms with E-state index in [1.807, 2.05) is 13.8 Å². The molecule has 1 aromatic rings.